The van der Waals surface area contributed by atoms with Gasteiger partial charge in [0.1, 0.15) is 0 Å². The predicted molar refractivity (Wildman–Crippen MR) is 65.8 cm³/mol. The van der Waals surface area contributed by atoms with Crippen molar-refractivity contribution in [3.63, 3.8) is 0 Å². The number of thiazole rings is 1. The van der Waals surface area contributed by atoms with E-state index in [2.05, 4.69) is 31.1 Å². The van der Waals surface area contributed by atoms with Crippen LogP contribution in [0.5, 0.6) is 0 Å². The Kier molecular flexibility index (Phi) is 4.44. The maximum absolute atomic E-state index is 11.4. The van der Waals surface area contributed by atoms with Gasteiger partial charge in [-0.15, -0.1) is 11.3 Å². The van der Waals surface area contributed by atoms with Crippen molar-refractivity contribution in [3.05, 3.63) is 11.1 Å². The van der Waals surface area contributed by atoms with Gasteiger partial charge in [-0.25, -0.2) is 4.98 Å². The molecule has 0 bridgehead atoms. The first-order chi connectivity index (χ1) is 7.43. The molecule has 5 heteroatoms. The molecule has 0 spiro atoms. The van der Waals surface area contributed by atoms with Crippen molar-refractivity contribution in [3.8, 4) is 0 Å². The number of carbonyl (C=O) groups is 1. The minimum absolute atomic E-state index is 0.00454. The van der Waals surface area contributed by atoms with Crippen molar-refractivity contribution < 1.29 is 9.90 Å². The number of nitrogens with one attached hydrogen (secondary N) is 1. The Morgan fingerprint density at radius 1 is 1.56 bits per heavy atom. The second-order valence-corrected chi connectivity index (χ2v) is 5.52. The second kappa shape index (κ2) is 5.41. The maximum Gasteiger partial charge on any atom is 0.226 e. The zero-order valence-corrected chi connectivity index (χ0v) is 10.7. The Labute approximate surface area is 99.7 Å². The topological polar surface area (TPSA) is 62.2 Å². The van der Waals surface area contributed by atoms with Gasteiger partial charge < -0.3 is 10.4 Å². The van der Waals surface area contributed by atoms with E-state index in [1.807, 2.05) is 5.38 Å². The van der Waals surface area contributed by atoms with Gasteiger partial charge in [0.05, 0.1) is 5.69 Å². The predicted octanol–water partition coefficient (Wildman–Crippen LogP) is 2.15. The van der Waals surface area contributed by atoms with Crippen LogP contribution < -0.4 is 5.32 Å². The zero-order valence-electron chi connectivity index (χ0n) is 9.91. The third-order valence-corrected chi connectivity index (χ3v) is 2.84. The van der Waals surface area contributed by atoms with Crippen LogP contribution in [0.3, 0.4) is 0 Å². The van der Waals surface area contributed by atoms with E-state index in [0.717, 1.165) is 5.69 Å². The number of anilines is 1. The zero-order chi connectivity index (χ0) is 12.2. The number of aliphatic hydroxyl groups is 1. The first kappa shape index (κ1) is 13.1. The first-order valence-electron chi connectivity index (χ1n) is 5.30. The second-order valence-electron chi connectivity index (χ2n) is 4.66. The van der Waals surface area contributed by atoms with Gasteiger partial charge in [-0.2, -0.15) is 0 Å². The molecule has 1 amide bonds. The van der Waals surface area contributed by atoms with Gasteiger partial charge in [0.15, 0.2) is 5.13 Å². The number of hydrogen-bond acceptors (Lipinski definition) is 4. The fourth-order valence-corrected chi connectivity index (χ4v) is 2.05. The summed E-state index contributed by atoms with van der Waals surface area (Å²) >= 11 is 1.43. The van der Waals surface area contributed by atoms with Gasteiger partial charge in [-0.05, 0) is 6.42 Å². The number of nitrogens with zero attached hydrogens (tertiary/aromatic N) is 1. The largest absolute Gasteiger partial charge is 0.396 e. The molecule has 1 heterocycles. The molecule has 0 radical (unpaired) electrons. The molecule has 16 heavy (non-hydrogen) atoms. The van der Waals surface area contributed by atoms with Crippen LogP contribution in [-0.2, 0) is 10.2 Å². The molecule has 0 aliphatic carbocycles. The van der Waals surface area contributed by atoms with E-state index < -0.39 is 0 Å². The molecule has 0 saturated heterocycles. The molecule has 4 nitrogen and oxygen atoms in total. The lowest BCUT2D eigenvalue weighted by Crippen LogP contribution is -2.14. The highest BCUT2D eigenvalue weighted by molar-refractivity contribution is 7.13. The summed E-state index contributed by atoms with van der Waals surface area (Å²) in [6.07, 6.45) is 0.824. The molecule has 90 valence electrons. The average Bonchev–Trinajstić information content (AvgIpc) is 2.62. The van der Waals surface area contributed by atoms with Crippen LogP contribution in [0.25, 0.3) is 0 Å². The summed E-state index contributed by atoms with van der Waals surface area (Å²) in [5.41, 5.74) is 0.986. The third-order valence-electron chi connectivity index (χ3n) is 2.08. The Bertz CT molecular complexity index is 355. The summed E-state index contributed by atoms with van der Waals surface area (Å²) in [7, 11) is 0. The third kappa shape index (κ3) is 3.90. The number of aromatic nitrogens is 1. The monoisotopic (exact) mass is 242 g/mol. The molecule has 2 N–H and O–H groups in total. The fraction of sp³-hybridized carbons (Fsp3) is 0.636. The molecule has 0 fully saturated rings. The van der Waals surface area contributed by atoms with Crippen molar-refractivity contribution in [2.75, 3.05) is 11.9 Å². The van der Waals surface area contributed by atoms with Crippen molar-refractivity contribution in [2.45, 2.75) is 39.0 Å². The van der Waals surface area contributed by atoms with E-state index >= 15 is 0 Å². The van der Waals surface area contributed by atoms with E-state index in [9.17, 15) is 4.79 Å². The Balaban J connectivity index is 2.56. The average molecular weight is 242 g/mol. The van der Waals surface area contributed by atoms with Crippen LogP contribution in [0.4, 0.5) is 5.13 Å². The molecule has 0 aromatic carbocycles. The van der Waals surface area contributed by atoms with Gasteiger partial charge >= 0.3 is 0 Å². The van der Waals surface area contributed by atoms with Crippen LogP contribution in [0.1, 0.15) is 39.3 Å². The first-order valence-corrected chi connectivity index (χ1v) is 6.18. The summed E-state index contributed by atoms with van der Waals surface area (Å²) in [5, 5.41) is 13.9. The highest BCUT2D eigenvalue weighted by atomic mass is 32.1. The van der Waals surface area contributed by atoms with Crippen molar-refractivity contribution in [2.24, 2.45) is 0 Å². The quantitative estimate of drug-likeness (QED) is 0.850. The van der Waals surface area contributed by atoms with Crippen molar-refractivity contribution >= 4 is 22.4 Å². The molecule has 0 unspecified atom stereocenters. The maximum atomic E-state index is 11.4. The molecule has 1 rings (SSSR count). The SMILES string of the molecule is CC(C)(C)c1csc(NC(=O)CCCO)n1. The van der Waals surface area contributed by atoms with Gasteiger partial charge in [-0.3, -0.25) is 4.79 Å². The van der Waals surface area contributed by atoms with Gasteiger partial charge in [-0.1, -0.05) is 20.8 Å². The van der Waals surface area contributed by atoms with Crippen LogP contribution in [0.15, 0.2) is 5.38 Å². The fourth-order valence-electron chi connectivity index (χ4n) is 1.10. The summed E-state index contributed by atoms with van der Waals surface area (Å²) in [6.45, 7) is 6.29. The highest BCUT2D eigenvalue weighted by Crippen LogP contribution is 2.26. The number of rotatable bonds is 4. The summed E-state index contributed by atoms with van der Waals surface area (Å²) in [6, 6.07) is 0. The summed E-state index contributed by atoms with van der Waals surface area (Å²) in [5.74, 6) is -0.0936. The highest BCUT2D eigenvalue weighted by Gasteiger charge is 2.17. The van der Waals surface area contributed by atoms with E-state index in [-0.39, 0.29) is 17.9 Å². The molecule has 1 aromatic heterocycles. The Hall–Kier alpha value is -0.940. The molecule has 0 aliphatic heterocycles. The minimum atomic E-state index is -0.0936. The molecule has 0 atom stereocenters. The number of amides is 1. The lowest BCUT2D eigenvalue weighted by molar-refractivity contribution is -0.116. The molecular formula is C11H18N2O2S. The van der Waals surface area contributed by atoms with Crippen LogP contribution in [-0.4, -0.2) is 22.6 Å². The van der Waals surface area contributed by atoms with E-state index in [1.165, 1.54) is 11.3 Å². The molecule has 0 saturated carbocycles. The lowest BCUT2D eigenvalue weighted by Gasteiger charge is -2.14. The minimum Gasteiger partial charge on any atom is -0.396 e. The Morgan fingerprint density at radius 3 is 2.75 bits per heavy atom. The molecular weight excluding hydrogens is 224 g/mol. The molecule has 0 aliphatic rings. The van der Waals surface area contributed by atoms with Gasteiger partial charge in [0, 0.05) is 23.8 Å². The van der Waals surface area contributed by atoms with E-state index in [4.69, 9.17) is 5.11 Å². The number of aliphatic hydroxyl groups excluding tert-OH is 1. The van der Waals surface area contributed by atoms with Gasteiger partial charge in [0.25, 0.3) is 0 Å². The van der Waals surface area contributed by atoms with Crippen LogP contribution >= 0.6 is 11.3 Å². The lowest BCUT2D eigenvalue weighted by atomic mass is 9.93. The van der Waals surface area contributed by atoms with Crippen LogP contribution in [0, 0.1) is 0 Å². The van der Waals surface area contributed by atoms with Crippen molar-refractivity contribution in [1.82, 2.24) is 4.98 Å². The Morgan fingerprint density at radius 2 is 2.25 bits per heavy atom. The van der Waals surface area contributed by atoms with Crippen LogP contribution in [0.2, 0.25) is 0 Å². The normalized spacial score (nSPS) is 11.5. The summed E-state index contributed by atoms with van der Waals surface area (Å²) < 4.78 is 0. The number of hydrogen-bond donors (Lipinski definition) is 2. The smallest absolute Gasteiger partial charge is 0.226 e. The molecule has 1 aromatic rings. The number of carbonyl (C=O) groups excluding carboxylic acids is 1. The summed E-state index contributed by atoms with van der Waals surface area (Å²) in [4.78, 5) is 15.7. The van der Waals surface area contributed by atoms with E-state index in [1.54, 1.807) is 0 Å². The van der Waals surface area contributed by atoms with Crippen molar-refractivity contribution in [1.29, 1.82) is 0 Å². The van der Waals surface area contributed by atoms with Gasteiger partial charge in [0.2, 0.25) is 5.91 Å². The standard InChI is InChI=1S/C11H18N2O2S/c1-11(2,3)8-7-16-10(12-8)13-9(15)5-4-6-14/h7,14H,4-6H2,1-3H3,(H,12,13,15). The van der Waals surface area contributed by atoms with E-state index in [0.29, 0.717) is 18.0 Å².